The van der Waals surface area contributed by atoms with Gasteiger partial charge in [-0.15, -0.1) is 11.3 Å². The molecule has 0 unspecified atom stereocenters. The highest BCUT2D eigenvalue weighted by Gasteiger charge is 2.35. The van der Waals surface area contributed by atoms with Gasteiger partial charge in [0.25, 0.3) is 5.56 Å². The number of methoxy groups -OCH3 is 1. The van der Waals surface area contributed by atoms with Gasteiger partial charge in [0, 0.05) is 48.3 Å². The molecule has 3 atom stereocenters. The summed E-state index contributed by atoms with van der Waals surface area (Å²) in [6.45, 7) is 2.62. The molecule has 0 spiro atoms. The Morgan fingerprint density at radius 1 is 1.24 bits per heavy atom. The summed E-state index contributed by atoms with van der Waals surface area (Å²) in [5.41, 5.74) is 0.564. The zero-order valence-corrected chi connectivity index (χ0v) is 19.6. The van der Waals surface area contributed by atoms with Crippen molar-refractivity contribution in [3.63, 3.8) is 0 Å². The number of esters is 1. The van der Waals surface area contributed by atoms with E-state index in [2.05, 4.69) is 4.90 Å². The van der Waals surface area contributed by atoms with E-state index in [1.165, 1.54) is 24.5 Å². The van der Waals surface area contributed by atoms with Crippen LogP contribution in [0.4, 0.5) is 0 Å². The number of carbonyl (C=O) groups excluding carboxylic acids is 1. The maximum atomic E-state index is 12.6. The molecule has 0 aromatic carbocycles. The Morgan fingerprint density at radius 2 is 2.09 bits per heavy atom. The summed E-state index contributed by atoms with van der Waals surface area (Å²) >= 11 is 1.42. The quantitative estimate of drug-likeness (QED) is 0.539. The minimum atomic E-state index is -0.611. The van der Waals surface area contributed by atoms with Crippen LogP contribution < -0.4 is 11.0 Å². The lowest BCUT2D eigenvalue weighted by atomic mass is 9.83. The molecule has 0 aliphatic carbocycles. The summed E-state index contributed by atoms with van der Waals surface area (Å²) in [6.07, 6.45) is 0.987. The van der Waals surface area contributed by atoms with Gasteiger partial charge in [0.15, 0.2) is 5.76 Å². The maximum absolute atomic E-state index is 12.6. The molecule has 5 heterocycles. The average molecular weight is 483 g/mol. The first-order chi connectivity index (χ1) is 16.4. The van der Waals surface area contributed by atoms with Crippen LogP contribution in [0.5, 0.6) is 5.75 Å². The SMILES string of the molecule is COC(=O)C[C@H](c1cccs1)c1oc(CN2C[C@@H]3C[C@H](C2)c2cccc(=O)n2C3)cc(=O)c1O. The van der Waals surface area contributed by atoms with E-state index < -0.39 is 23.1 Å². The number of nitrogens with zero attached hydrogens (tertiary/aromatic N) is 2. The molecule has 2 bridgehead atoms. The molecule has 0 radical (unpaired) electrons. The van der Waals surface area contributed by atoms with Gasteiger partial charge in [0.05, 0.1) is 26.0 Å². The standard InChI is InChI=1S/C25H26N2O6S/c1-32-23(30)10-18(21-5-3-7-34-21)25-24(31)20(28)9-17(33-25)14-26-11-15-8-16(13-26)19-4-2-6-22(29)27(19)12-15/h2-7,9,15-16,18,31H,8,10-14H2,1H3/t15-,16+,18+/m0/s1. The van der Waals surface area contributed by atoms with Crippen LogP contribution >= 0.6 is 11.3 Å². The van der Waals surface area contributed by atoms with Gasteiger partial charge in [-0.3, -0.25) is 19.3 Å². The molecule has 3 aromatic rings. The van der Waals surface area contributed by atoms with Gasteiger partial charge in [0.1, 0.15) is 5.76 Å². The number of carbonyl (C=O) groups is 1. The van der Waals surface area contributed by atoms with Crippen LogP contribution in [0, 0.1) is 5.92 Å². The number of aromatic nitrogens is 1. The Balaban J connectivity index is 1.43. The first-order valence-electron chi connectivity index (χ1n) is 11.3. The Hall–Kier alpha value is -3.17. The van der Waals surface area contributed by atoms with Crippen molar-refractivity contribution in [2.75, 3.05) is 20.2 Å². The summed E-state index contributed by atoms with van der Waals surface area (Å²) < 4.78 is 12.8. The zero-order valence-electron chi connectivity index (χ0n) is 18.8. The van der Waals surface area contributed by atoms with Crippen LogP contribution in [0.1, 0.15) is 46.8 Å². The normalized spacial score (nSPS) is 20.5. The summed E-state index contributed by atoms with van der Waals surface area (Å²) in [5, 5.41) is 12.4. The number of rotatable bonds is 6. The highest BCUT2D eigenvalue weighted by molar-refractivity contribution is 7.10. The molecular weight excluding hydrogens is 456 g/mol. The fourth-order valence-electron chi connectivity index (χ4n) is 5.28. The van der Waals surface area contributed by atoms with E-state index in [1.54, 1.807) is 6.07 Å². The number of pyridine rings is 1. The fourth-order valence-corrected chi connectivity index (χ4v) is 6.10. The Morgan fingerprint density at radius 3 is 2.85 bits per heavy atom. The molecule has 34 heavy (non-hydrogen) atoms. The second kappa shape index (κ2) is 9.23. The van der Waals surface area contributed by atoms with E-state index in [0.717, 1.165) is 30.1 Å². The molecule has 1 saturated heterocycles. The van der Waals surface area contributed by atoms with E-state index in [-0.39, 0.29) is 23.7 Å². The molecule has 5 rings (SSSR count). The Bertz CT molecular complexity index is 1310. The maximum Gasteiger partial charge on any atom is 0.306 e. The first-order valence-corrected chi connectivity index (χ1v) is 12.2. The molecule has 8 nitrogen and oxygen atoms in total. The summed E-state index contributed by atoms with van der Waals surface area (Å²) in [6, 6.07) is 10.4. The second-order valence-electron chi connectivity index (χ2n) is 9.03. The van der Waals surface area contributed by atoms with Gasteiger partial charge >= 0.3 is 5.97 Å². The minimum Gasteiger partial charge on any atom is -0.502 e. The van der Waals surface area contributed by atoms with E-state index in [4.69, 9.17) is 9.15 Å². The predicted octanol–water partition coefficient (Wildman–Crippen LogP) is 2.88. The molecule has 2 aliphatic heterocycles. The fraction of sp³-hybridized carbons (Fsp3) is 0.400. The molecule has 178 valence electrons. The third kappa shape index (κ3) is 4.33. The van der Waals surface area contributed by atoms with Gasteiger partial charge in [-0.2, -0.15) is 0 Å². The van der Waals surface area contributed by atoms with E-state index in [1.807, 2.05) is 34.2 Å². The van der Waals surface area contributed by atoms with E-state index in [0.29, 0.717) is 24.8 Å². The predicted molar refractivity (Wildman–Crippen MR) is 126 cm³/mol. The van der Waals surface area contributed by atoms with Gasteiger partial charge in [-0.25, -0.2) is 0 Å². The average Bonchev–Trinajstić information content (AvgIpc) is 3.35. The summed E-state index contributed by atoms with van der Waals surface area (Å²) in [4.78, 5) is 40.0. The van der Waals surface area contributed by atoms with E-state index in [9.17, 15) is 19.5 Å². The van der Waals surface area contributed by atoms with Crippen molar-refractivity contribution in [3.05, 3.63) is 84.4 Å². The monoisotopic (exact) mass is 482 g/mol. The molecule has 1 fully saturated rings. The van der Waals surface area contributed by atoms with Crippen molar-refractivity contribution in [2.24, 2.45) is 5.92 Å². The lowest BCUT2D eigenvalue weighted by Gasteiger charge is -2.42. The lowest BCUT2D eigenvalue weighted by molar-refractivity contribution is -0.140. The number of likely N-dealkylation sites (tertiary alicyclic amines) is 1. The molecule has 1 N–H and O–H groups in total. The van der Waals surface area contributed by atoms with Crippen molar-refractivity contribution in [3.8, 4) is 5.75 Å². The Kier molecular flexibility index (Phi) is 6.14. The number of ether oxygens (including phenoxy) is 1. The summed E-state index contributed by atoms with van der Waals surface area (Å²) in [5.74, 6) is -0.437. The van der Waals surface area contributed by atoms with Gasteiger partial charge < -0.3 is 18.8 Å². The molecule has 0 saturated carbocycles. The van der Waals surface area contributed by atoms with Crippen molar-refractivity contribution in [2.45, 2.75) is 37.8 Å². The Labute approximate surface area is 200 Å². The third-order valence-corrected chi connectivity index (χ3v) is 7.72. The highest BCUT2D eigenvalue weighted by Crippen LogP contribution is 2.37. The first kappa shape index (κ1) is 22.6. The number of hydrogen-bond donors (Lipinski definition) is 1. The molecule has 0 amide bonds. The third-order valence-electron chi connectivity index (χ3n) is 6.74. The van der Waals surface area contributed by atoms with Crippen LogP contribution in [0.2, 0.25) is 0 Å². The zero-order chi connectivity index (χ0) is 23.8. The molecule has 3 aromatic heterocycles. The molecule has 9 heteroatoms. The lowest BCUT2D eigenvalue weighted by Crippen LogP contribution is -2.46. The number of aromatic hydroxyl groups is 1. The van der Waals surface area contributed by atoms with Crippen molar-refractivity contribution in [1.82, 2.24) is 9.47 Å². The van der Waals surface area contributed by atoms with Crippen LogP contribution in [0.25, 0.3) is 0 Å². The van der Waals surface area contributed by atoms with Crippen LogP contribution in [-0.2, 0) is 22.6 Å². The number of hydrogen-bond acceptors (Lipinski definition) is 8. The van der Waals surface area contributed by atoms with Crippen molar-refractivity contribution < 1.29 is 19.1 Å². The highest BCUT2D eigenvalue weighted by atomic mass is 32.1. The van der Waals surface area contributed by atoms with Gasteiger partial charge in [0.2, 0.25) is 11.2 Å². The second-order valence-corrected chi connectivity index (χ2v) is 10.0. The van der Waals surface area contributed by atoms with Crippen LogP contribution in [0.15, 0.2) is 55.8 Å². The van der Waals surface area contributed by atoms with Crippen LogP contribution in [0.3, 0.4) is 0 Å². The smallest absolute Gasteiger partial charge is 0.306 e. The van der Waals surface area contributed by atoms with Crippen LogP contribution in [-0.4, -0.2) is 40.7 Å². The van der Waals surface area contributed by atoms with Crippen molar-refractivity contribution >= 4 is 17.3 Å². The molecular formula is C25H26N2O6S. The molecule has 2 aliphatic rings. The van der Waals surface area contributed by atoms with E-state index >= 15 is 0 Å². The summed E-state index contributed by atoms with van der Waals surface area (Å²) in [7, 11) is 1.31. The number of piperidine rings is 1. The largest absolute Gasteiger partial charge is 0.502 e. The van der Waals surface area contributed by atoms with Crippen molar-refractivity contribution in [1.29, 1.82) is 0 Å². The minimum absolute atomic E-state index is 0.0417. The number of fused-ring (bicyclic) bond motifs is 4. The number of thiophene rings is 1. The van der Waals surface area contributed by atoms with Gasteiger partial charge in [-0.1, -0.05) is 12.1 Å². The van der Waals surface area contributed by atoms with Gasteiger partial charge in [-0.05, 0) is 29.9 Å². The topological polar surface area (TPSA) is 102 Å².